The lowest BCUT2D eigenvalue weighted by Crippen LogP contribution is -2.44. The molecule has 0 aromatic heterocycles. The van der Waals surface area contributed by atoms with Gasteiger partial charge in [0.05, 0.1) is 12.3 Å². The Bertz CT molecular complexity index is 773. The zero-order valence-corrected chi connectivity index (χ0v) is 15.1. The molecule has 0 aliphatic carbocycles. The number of rotatable bonds is 7. The number of anilines is 1. The van der Waals surface area contributed by atoms with Crippen LogP contribution < -0.4 is 15.4 Å². The van der Waals surface area contributed by atoms with Gasteiger partial charge in [-0.25, -0.2) is 4.39 Å². The minimum absolute atomic E-state index is 0.214. The van der Waals surface area contributed by atoms with Gasteiger partial charge in [0, 0.05) is 6.54 Å². The fourth-order valence-electron chi connectivity index (χ4n) is 2.24. The summed E-state index contributed by atoms with van der Waals surface area (Å²) < 4.78 is 18.4. The van der Waals surface area contributed by atoms with Crippen molar-refractivity contribution in [1.29, 1.82) is 0 Å². The van der Waals surface area contributed by atoms with E-state index in [9.17, 15) is 14.0 Å². The predicted octanol–water partition coefficient (Wildman–Crippen LogP) is 3.51. The van der Waals surface area contributed by atoms with Crippen LogP contribution in [0, 0.1) is 11.2 Å². The summed E-state index contributed by atoms with van der Waals surface area (Å²) in [6.07, 6.45) is 0. The van der Waals surface area contributed by atoms with Gasteiger partial charge in [-0.05, 0) is 50.6 Å². The molecule has 0 saturated carbocycles. The Labute approximate surface area is 152 Å². The van der Waals surface area contributed by atoms with E-state index in [0.29, 0.717) is 18.0 Å². The molecule has 0 heterocycles. The van der Waals surface area contributed by atoms with Crippen LogP contribution in [0.3, 0.4) is 0 Å². The fourth-order valence-corrected chi connectivity index (χ4v) is 2.24. The van der Waals surface area contributed by atoms with E-state index in [1.54, 1.807) is 50.2 Å². The van der Waals surface area contributed by atoms with Crippen molar-refractivity contribution in [3.05, 3.63) is 59.9 Å². The first-order chi connectivity index (χ1) is 12.3. The number of halogens is 1. The third-order valence-corrected chi connectivity index (χ3v) is 3.94. The highest BCUT2D eigenvalue weighted by molar-refractivity contribution is 6.10. The van der Waals surface area contributed by atoms with Crippen molar-refractivity contribution in [2.45, 2.75) is 27.3 Å². The number of carbonyl (C=O) groups excluding carboxylic acids is 2. The average Bonchev–Trinajstić information content (AvgIpc) is 2.62. The summed E-state index contributed by atoms with van der Waals surface area (Å²) in [5.74, 6) is -0.659. The second kappa shape index (κ2) is 8.47. The summed E-state index contributed by atoms with van der Waals surface area (Å²) in [4.78, 5) is 25.1. The molecule has 26 heavy (non-hydrogen) atoms. The maximum absolute atomic E-state index is 12.9. The lowest BCUT2D eigenvalue weighted by atomic mass is 9.90. The zero-order valence-electron chi connectivity index (χ0n) is 15.1. The second-order valence-corrected chi connectivity index (χ2v) is 6.32. The van der Waals surface area contributed by atoms with E-state index in [4.69, 9.17) is 4.74 Å². The van der Waals surface area contributed by atoms with Crippen LogP contribution in [0.1, 0.15) is 26.3 Å². The molecular formula is C20H23FN2O3. The molecule has 0 bridgehead atoms. The van der Waals surface area contributed by atoms with Gasteiger partial charge in [0.25, 0.3) is 0 Å². The summed E-state index contributed by atoms with van der Waals surface area (Å²) >= 11 is 0. The third kappa shape index (κ3) is 4.81. The normalized spacial score (nSPS) is 10.9. The van der Waals surface area contributed by atoms with Gasteiger partial charge >= 0.3 is 0 Å². The summed E-state index contributed by atoms with van der Waals surface area (Å²) in [6, 6.07) is 12.9. The Hall–Kier alpha value is -2.89. The third-order valence-electron chi connectivity index (χ3n) is 3.94. The monoisotopic (exact) mass is 358 g/mol. The molecular weight excluding hydrogens is 335 g/mol. The highest BCUT2D eigenvalue weighted by atomic mass is 19.1. The largest absolute Gasteiger partial charge is 0.492 e. The smallest absolute Gasteiger partial charge is 0.239 e. The van der Waals surface area contributed by atoms with Crippen LogP contribution in [-0.4, -0.2) is 18.4 Å². The van der Waals surface area contributed by atoms with E-state index in [1.165, 1.54) is 12.1 Å². The van der Waals surface area contributed by atoms with Gasteiger partial charge < -0.3 is 15.4 Å². The van der Waals surface area contributed by atoms with Crippen LogP contribution in [0.5, 0.6) is 5.75 Å². The van der Waals surface area contributed by atoms with E-state index >= 15 is 0 Å². The molecule has 2 amide bonds. The first kappa shape index (κ1) is 19.4. The first-order valence-corrected chi connectivity index (χ1v) is 8.40. The van der Waals surface area contributed by atoms with E-state index in [-0.39, 0.29) is 12.4 Å². The van der Waals surface area contributed by atoms with Gasteiger partial charge in [0.1, 0.15) is 17.0 Å². The quantitative estimate of drug-likeness (QED) is 0.745. The molecule has 2 aromatic carbocycles. The molecule has 0 aliphatic rings. The first-order valence-electron chi connectivity index (χ1n) is 8.40. The van der Waals surface area contributed by atoms with Crippen LogP contribution in [-0.2, 0) is 16.1 Å². The number of hydrogen-bond acceptors (Lipinski definition) is 3. The zero-order chi connectivity index (χ0) is 19.2. The summed E-state index contributed by atoms with van der Waals surface area (Å²) in [5, 5.41) is 5.46. The Morgan fingerprint density at radius 1 is 1.04 bits per heavy atom. The highest BCUT2D eigenvalue weighted by Crippen LogP contribution is 2.26. The van der Waals surface area contributed by atoms with E-state index in [2.05, 4.69) is 10.6 Å². The lowest BCUT2D eigenvalue weighted by Gasteiger charge is -2.23. The van der Waals surface area contributed by atoms with Crippen LogP contribution >= 0.6 is 0 Å². The van der Waals surface area contributed by atoms with Crippen molar-refractivity contribution in [3.8, 4) is 5.75 Å². The van der Waals surface area contributed by atoms with E-state index in [0.717, 1.165) is 5.56 Å². The van der Waals surface area contributed by atoms with Gasteiger partial charge in [-0.1, -0.05) is 24.3 Å². The number of amides is 2. The average molecular weight is 358 g/mol. The molecule has 0 fully saturated rings. The molecule has 0 radical (unpaired) electrons. The van der Waals surface area contributed by atoms with Crippen molar-refractivity contribution < 1.29 is 18.7 Å². The Morgan fingerprint density at radius 2 is 1.69 bits per heavy atom. The topological polar surface area (TPSA) is 67.4 Å². The van der Waals surface area contributed by atoms with E-state index in [1.807, 2.05) is 6.92 Å². The molecule has 6 heteroatoms. The number of ether oxygens (including phenoxy) is 1. The van der Waals surface area contributed by atoms with E-state index < -0.39 is 17.2 Å². The van der Waals surface area contributed by atoms with Crippen molar-refractivity contribution in [2.24, 2.45) is 5.41 Å². The molecule has 0 atom stereocenters. The fraction of sp³-hybridized carbons (Fsp3) is 0.300. The minimum atomic E-state index is -1.29. The Kier molecular flexibility index (Phi) is 6.33. The molecule has 0 unspecified atom stereocenters. The van der Waals surface area contributed by atoms with Crippen molar-refractivity contribution >= 4 is 17.5 Å². The molecule has 138 valence electrons. The maximum atomic E-state index is 12.9. The molecule has 5 nitrogen and oxygen atoms in total. The van der Waals surface area contributed by atoms with Gasteiger partial charge in [-0.15, -0.1) is 0 Å². The van der Waals surface area contributed by atoms with Crippen molar-refractivity contribution in [1.82, 2.24) is 5.32 Å². The van der Waals surface area contributed by atoms with Crippen LogP contribution in [0.2, 0.25) is 0 Å². The van der Waals surface area contributed by atoms with Gasteiger partial charge in [0.2, 0.25) is 11.8 Å². The lowest BCUT2D eigenvalue weighted by molar-refractivity contribution is -0.138. The number of hydrogen-bond donors (Lipinski definition) is 2. The molecule has 0 saturated heterocycles. The van der Waals surface area contributed by atoms with Crippen molar-refractivity contribution in [3.63, 3.8) is 0 Å². The van der Waals surface area contributed by atoms with Crippen LogP contribution in [0.15, 0.2) is 48.5 Å². The summed E-state index contributed by atoms with van der Waals surface area (Å²) in [7, 11) is 0. The summed E-state index contributed by atoms with van der Waals surface area (Å²) in [6.45, 7) is 5.63. The highest BCUT2D eigenvalue weighted by Gasteiger charge is 2.36. The number of nitrogens with one attached hydrogen (secondary N) is 2. The predicted molar refractivity (Wildman–Crippen MR) is 98.3 cm³/mol. The standard InChI is InChI=1S/C20H23FN2O3/c1-4-26-17-8-6-5-7-16(17)23-19(25)20(2,3)18(24)22-13-14-9-11-15(21)12-10-14/h5-12H,4,13H2,1-3H3,(H,22,24)(H,23,25). The van der Waals surface area contributed by atoms with Gasteiger partial charge in [-0.3, -0.25) is 9.59 Å². The Morgan fingerprint density at radius 3 is 2.35 bits per heavy atom. The van der Waals surface area contributed by atoms with Gasteiger partial charge in [0.15, 0.2) is 0 Å². The number of para-hydroxylation sites is 2. The molecule has 0 spiro atoms. The summed E-state index contributed by atoms with van der Waals surface area (Å²) in [5.41, 5.74) is -0.0317. The van der Waals surface area contributed by atoms with Crippen LogP contribution in [0.4, 0.5) is 10.1 Å². The SMILES string of the molecule is CCOc1ccccc1NC(=O)C(C)(C)C(=O)NCc1ccc(F)cc1. The minimum Gasteiger partial charge on any atom is -0.492 e. The second-order valence-electron chi connectivity index (χ2n) is 6.32. The molecule has 2 aromatic rings. The molecule has 2 rings (SSSR count). The number of carbonyl (C=O) groups is 2. The van der Waals surface area contributed by atoms with Crippen LogP contribution in [0.25, 0.3) is 0 Å². The maximum Gasteiger partial charge on any atom is 0.239 e. The molecule has 0 aliphatic heterocycles. The van der Waals surface area contributed by atoms with Crippen molar-refractivity contribution in [2.75, 3.05) is 11.9 Å². The molecule has 2 N–H and O–H groups in total. The van der Waals surface area contributed by atoms with Gasteiger partial charge in [-0.2, -0.15) is 0 Å². The number of benzene rings is 2. The Balaban J connectivity index is 2.02.